The highest BCUT2D eigenvalue weighted by Crippen LogP contribution is 2.36. The zero-order valence-electron chi connectivity index (χ0n) is 26.5. The Labute approximate surface area is 279 Å². The van der Waals surface area contributed by atoms with Gasteiger partial charge in [-0.25, -0.2) is 4.79 Å². The zero-order valence-corrected chi connectivity index (χ0v) is 26.5. The summed E-state index contributed by atoms with van der Waals surface area (Å²) in [5.41, 5.74) is 16.7. The highest BCUT2D eigenvalue weighted by Gasteiger charge is 2.46. The first-order valence-electron chi connectivity index (χ1n) is 16.2. The van der Waals surface area contributed by atoms with Gasteiger partial charge in [-0.2, -0.15) is 0 Å². The number of amides is 2. The van der Waals surface area contributed by atoms with Gasteiger partial charge >= 0.3 is 6.03 Å². The van der Waals surface area contributed by atoms with E-state index in [4.69, 9.17) is 30.4 Å². The normalized spacial score (nSPS) is 21.9. The van der Waals surface area contributed by atoms with Gasteiger partial charge in [0.05, 0.1) is 12.1 Å². The lowest BCUT2D eigenvalue weighted by Gasteiger charge is -2.36. The third-order valence-corrected chi connectivity index (χ3v) is 9.14. The first-order chi connectivity index (χ1) is 23.3. The number of aliphatic hydroxyl groups excluding tert-OH is 2. The van der Waals surface area contributed by atoms with Crippen LogP contribution in [0.15, 0.2) is 84.9 Å². The fourth-order valence-electron chi connectivity index (χ4n) is 6.79. The van der Waals surface area contributed by atoms with Gasteiger partial charge in [-0.1, -0.05) is 36.4 Å². The number of hydrogen-bond donors (Lipinski definition) is 4. The van der Waals surface area contributed by atoms with Gasteiger partial charge in [-0.05, 0) is 83.6 Å². The van der Waals surface area contributed by atoms with Crippen molar-refractivity contribution in [2.24, 2.45) is 0 Å². The smallest absolute Gasteiger partial charge is 0.321 e. The summed E-state index contributed by atoms with van der Waals surface area (Å²) in [6, 6.07) is 24.0. The second-order valence-corrected chi connectivity index (χ2v) is 12.5. The summed E-state index contributed by atoms with van der Waals surface area (Å²) in [5, 5.41) is 24.2. The van der Waals surface area contributed by atoms with Crippen molar-refractivity contribution in [2.75, 3.05) is 37.9 Å². The molecule has 0 saturated carbocycles. The minimum Gasteiger partial charge on any atom is -0.486 e. The molecule has 2 amide bonds. The van der Waals surface area contributed by atoms with Crippen LogP contribution in [-0.2, 0) is 25.9 Å². The van der Waals surface area contributed by atoms with Crippen molar-refractivity contribution in [3.8, 4) is 23.0 Å². The fraction of sp³-hybridized carbons (Fsp3) is 0.324. The van der Waals surface area contributed by atoms with E-state index in [0.717, 1.165) is 22.3 Å². The number of nitrogen functional groups attached to an aromatic ring is 2. The van der Waals surface area contributed by atoms with Crippen molar-refractivity contribution >= 4 is 17.4 Å². The number of nitrogens with two attached hydrogens (primary N) is 2. The first kappa shape index (κ1) is 31.5. The van der Waals surface area contributed by atoms with Crippen LogP contribution in [0.3, 0.4) is 0 Å². The van der Waals surface area contributed by atoms with Crippen LogP contribution in [0.4, 0.5) is 16.2 Å². The maximum absolute atomic E-state index is 15.0. The van der Waals surface area contributed by atoms with Gasteiger partial charge in [0.1, 0.15) is 38.6 Å². The SMILES string of the molecule is Nc1cccc(CN2C(=O)N(Cc3cccc(N)c3)[C@H](Cc3ccc4c(c3)OCCO4)[C@H](O)[C@@H](O)[C@H]2Cc2ccc3c(c2)OCCO3)c1. The van der Waals surface area contributed by atoms with Crippen molar-refractivity contribution in [1.29, 1.82) is 0 Å². The second kappa shape index (κ2) is 13.5. The summed E-state index contributed by atoms with van der Waals surface area (Å²) in [4.78, 5) is 18.3. The number of hydrogen-bond acceptors (Lipinski definition) is 9. The van der Waals surface area contributed by atoms with Crippen LogP contribution in [0.5, 0.6) is 23.0 Å². The number of carbonyl (C=O) groups is 1. The predicted molar refractivity (Wildman–Crippen MR) is 180 cm³/mol. The van der Waals surface area contributed by atoms with Crippen LogP contribution in [0.2, 0.25) is 0 Å². The Kier molecular flexibility index (Phi) is 8.88. The molecule has 1 saturated heterocycles. The monoisotopic (exact) mass is 652 g/mol. The van der Waals surface area contributed by atoms with Crippen molar-refractivity contribution in [3.63, 3.8) is 0 Å². The molecule has 3 heterocycles. The Morgan fingerprint density at radius 2 is 0.979 bits per heavy atom. The van der Waals surface area contributed by atoms with Crippen molar-refractivity contribution in [1.82, 2.24) is 9.80 Å². The molecule has 4 atom stereocenters. The van der Waals surface area contributed by atoms with Crippen LogP contribution in [-0.4, -0.2) is 76.8 Å². The van der Waals surface area contributed by atoms with Crippen molar-refractivity contribution in [3.05, 3.63) is 107 Å². The quantitative estimate of drug-likeness (QED) is 0.208. The molecule has 3 aliphatic rings. The molecule has 7 rings (SSSR count). The maximum atomic E-state index is 15.0. The lowest BCUT2D eigenvalue weighted by molar-refractivity contribution is -0.0408. The Morgan fingerprint density at radius 3 is 1.40 bits per heavy atom. The number of carbonyl (C=O) groups excluding carboxylic acids is 1. The topological polar surface area (TPSA) is 153 Å². The minimum absolute atomic E-state index is 0.160. The minimum atomic E-state index is -1.31. The van der Waals surface area contributed by atoms with Crippen molar-refractivity contribution < 1.29 is 34.0 Å². The van der Waals surface area contributed by atoms with Gasteiger partial charge in [-0.15, -0.1) is 0 Å². The number of ether oxygens (including phenoxy) is 4. The van der Waals surface area contributed by atoms with Crippen LogP contribution >= 0.6 is 0 Å². The lowest BCUT2D eigenvalue weighted by Crippen LogP contribution is -2.50. The maximum Gasteiger partial charge on any atom is 0.321 e. The van der Waals surface area contributed by atoms with Crippen LogP contribution in [0.1, 0.15) is 22.3 Å². The zero-order chi connectivity index (χ0) is 33.2. The molecule has 6 N–H and O–H groups in total. The molecule has 11 heteroatoms. The molecule has 0 bridgehead atoms. The van der Waals surface area contributed by atoms with E-state index in [0.29, 0.717) is 60.8 Å². The molecule has 0 spiro atoms. The number of fused-ring (bicyclic) bond motifs is 2. The molecule has 11 nitrogen and oxygen atoms in total. The van der Waals surface area contributed by atoms with E-state index in [1.807, 2.05) is 72.8 Å². The average Bonchev–Trinajstić information content (AvgIpc) is 3.15. The fourth-order valence-corrected chi connectivity index (χ4v) is 6.79. The molecule has 0 aliphatic carbocycles. The van der Waals surface area contributed by atoms with Gasteiger partial charge in [-0.3, -0.25) is 0 Å². The number of anilines is 2. The van der Waals surface area contributed by atoms with Gasteiger partial charge in [0.15, 0.2) is 23.0 Å². The van der Waals surface area contributed by atoms with Crippen LogP contribution in [0, 0.1) is 0 Å². The summed E-state index contributed by atoms with van der Waals surface area (Å²) in [6.45, 7) is 2.12. The molecule has 4 aromatic carbocycles. The van der Waals surface area contributed by atoms with E-state index in [1.54, 1.807) is 21.9 Å². The molecule has 250 valence electrons. The van der Waals surface area contributed by atoms with E-state index in [1.165, 1.54) is 0 Å². The van der Waals surface area contributed by atoms with E-state index in [2.05, 4.69) is 0 Å². The number of nitrogens with zero attached hydrogens (tertiary/aromatic N) is 2. The lowest BCUT2D eigenvalue weighted by atomic mass is 9.90. The van der Waals surface area contributed by atoms with Gasteiger partial charge in [0, 0.05) is 24.5 Å². The molecule has 0 radical (unpaired) electrons. The highest BCUT2D eigenvalue weighted by molar-refractivity contribution is 5.76. The average molecular weight is 653 g/mol. The largest absolute Gasteiger partial charge is 0.486 e. The first-order valence-corrected chi connectivity index (χ1v) is 16.2. The summed E-state index contributed by atoms with van der Waals surface area (Å²) in [6.07, 6.45) is -2.11. The number of rotatable bonds is 8. The molecular formula is C37H40N4O7. The molecule has 3 aliphatic heterocycles. The van der Waals surface area contributed by atoms with Crippen LogP contribution in [0.25, 0.3) is 0 Å². The molecule has 4 aromatic rings. The van der Waals surface area contributed by atoms with Crippen LogP contribution < -0.4 is 30.4 Å². The van der Waals surface area contributed by atoms with E-state index in [9.17, 15) is 15.0 Å². The molecule has 48 heavy (non-hydrogen) atoms. The highest BCUT2D eigenvalue weighted by atomic mass is 16.6. The van der Waals surface area contributed by atoms with Gasteiger partial charge in [0.25, 0.3) is 0 Å². The Hall–Kier alpha value is -5.13. The van der Waals surface area contributed by atoms with E-state index < -0.39 is 24.3 Å². The Bertz CT molecular complexity index is 1660. The predicted octanol–water partition coefficient (Wildman–Crippen LogP) is 3.78. The van der Waals surface area contributed by atoms with E-state index in [-0.39, 0.29) is 32.0 Å². The summed E-state index contributed by atoms with van der Waals surface area (Å²) in [7, 11) is 0. The molecule has 0 aromatic heterocycles. The third-order valence-electron chi connectivity index (χ3n) is 9.14. The molecule has 1 fully saturated rings. The standard InChI is InChI=1S/C37H40N4O7/c38-27-5-1-3-25(15-27)21-40-29(17-23-7-9-31-33(19-23)47-13-11-45-31)35(42)36(43)30(18-24-8-10-32-34(20-24)48-14-12-46-32)41(37(40)44)22-26-4-2-6-28(39)16-26/h1-10,15-16,19-20,29-30,35-36,42-43H,11-14,17-18,21-22,38-39H2/t29-,30-,35+,36+/m1/s1. The van der Waals surface area contributed by atoms with Gasteiger partial charge in [0.2, 0.25) is 0 Å². The molecular weight excluding hydrogens is 612 g/mol. The summed E-state index contributed by atoms with van der Waals surface area (Å²) in [5.74, 6) is 2.51. The molecule has 0 unspecified atom stereocenters. The number of aliphatic hydroxyl groups is 2. The number of urea groups is 1. The van der Waals surface area contributed by atoms with Gasteiger partial charge < -0.3 is 50.4 Å². The summed E-state index contributed by atoms with van der Waals surface area (Å²) >= 11 is 0. The second-order valence-electron chi connectivity index (χ2n) is 12.5. The summed E-state index contributed by atoms with van der Waals surface area (Å²) < 4.78 is 23.1. The Balaban J connectivity index is 1.29. The number of benzene rings is 4. The Morgan fingerprint density at radius 1 is 0.562 bits per heavy atom. The van der Waals surface area contributed by atoms with E-state index >= 15 is 0 Å². The van der Waals surface area contributed by atoms with Crippen molar-refractivity contribution in [2.45, 2.75) is 50.2 Å². The third kappa shape index (κ3) is 6.65.